The number of carbonyl (C=O) groups excluding carboxylic acids is 4. The highest BCUT2D eigenvalue weighted by atomic mass is 16.5. The Morgan fingerprint density at radius 2 is 1.70 bits per heavy atom. The van der Waals surface area contributed by atoms with Crippen molar-refractivity contribution in [3.63, 3.8) is 0 Å². The van der Waals surface area contributed by atoms with E-state index < -0.39 is 24.0 Å². The van der Waals surface area contributed by atoms with E-state index in [0.29, 0.717) is 17.9 Å². The molecule has 2 N–H and O–H groups in total. The summed E-state index contributed by atoms with van der Waals surface area (Å²) in [5, 5.41) is 4.96. The minimum absolute atomic E-state index is 0.0384. The van der Waals surface area contributed by atoms with Crippen LogP contribution in [-0.4, -0.2) is 42.4 Å². The highest BCUT2D eigenvalue weighted by Gasteiger charge is 2.22. The molecular weight excluding hydrogens is 388 g/mol. The van der Waals surface area contributed by atoms with Crippen molar-refractivity contribution in [1.82, 2.24) is 10.6 Å². The molecule has 3 amide bonds. The average Bonchev–Trinajstić information content (AvgIpc) is 2.73. The van der Waals surface area contributed by atoms with E-state index in [9.17, 15) is 19.2 Å². The lowest BCUT2D eigenvalue weighted by Gasteiger charge is -2.23. The molecule has 8 nitrogen and oxygen atoms in total. The number of imide groups is 1. The zero-order valence-electron chi connectivity index (χ0n) is 17.6. The number of benzene rings is 1. The summed E-state index contributed by atoms with van der Waals surface area (Å²) in [6.45, 7) is 3.79. The van der Waals surface area contributed by atoms with Gasteiger partial charge in [-0.3, -0.25) is 19.7 Å². The highest BCUT2D eigenvalue weighted by Crippen LogP contribution is 2.17. The molecule has 0 bridgehead atoms. The van der Waals surface area contributed by atoms with Crippen molar-refractivity contribution in [2.45, 2.75) is 70.9 Å². The molecule has 164 valence electrons. The molecule has 30 heavy (non-hydrogen) atoms. The van der Waals surface area contributed by atoms with Gasteiger partial charge in [0.15, 0.2) is 11.9 Å². The number of esters is 1. The van der Waals surface area contributed by atoms with Gasteiger partial charge >= 0.3 is 12.0 Å². The maximum atomic E-state index is 12.2. The van der Waals surface area contributed by atoms with Gasteiger partial charge in [-0.2, -0.15) is 0 Å². The van der Waals surface area contributed by atoms with Crippen molar-refractivity contribution in [2.24, 2.45) is 0 Å². The van der Waals surface area contributed by atoms with Gasteiger partial charge in [0.05, 0.1) is 13.0 Å². The molecule has 2 rings (SSSR count). The van der Waals surface area contributed by atoms with E-state index in [1.165, 1.54) is 6.92 Å². The van der Waals surface area contributed by atoms with Gasteiger partial charge < -0.3 is 14.8 Å². The van der Waals surface area contributed by atoms with Crippen LogP contribution >= 0.6 is 0 Å². The Hall–Kier alpha value is -2.90. The van der Waals surface area contributed by atoms with E-state index >= 15 is 0 Å². The third kappa shape index (κ3) is 7.85. The highest BCUT2D eigenvalue weighted by molar-refractivity contribution is 5.99. The third-order valence-corrected chi connectivity index (χ3v) is 4.90. The monoisotopic (exact) mass is 418 g/mol. The largest absolute Gasteiger partial charge is 0.494 e. The van der Waals surface area contributed by atoms with Crippen LogP contribution in [0.2, 0.25) is 0 Å². The molecule has 8 heteroatoms. The first kappa shape index (κ1) is 23.4. The Labute approximate surface area is 176 Å². The number of urea groups is 1. The summed E-state index contributed by atoms with van der Waals surface area (Å²) in [5.74, 6) is -0.918. The van der Waals surface area contributed by atoms with Crippen LogP contribution in [0.4, 0.5) is 4.79 Å². The van der Waals surface area contributed by atoms with Crippen LogP contribution in [0.1, 0.15) is 69.2 Å². The normalized spacial score (nSPS) is 15.0. The summed E-state index contributed by atoms with van der Waals surface area (Å²) in [7, 11) is 0. The number of carbonyl (C=O) groups is 4. The molecule has 0 radical (unpaired) electrons. The number of rotatable bonds is 9. The Morgan fingerprint density at radius 3 is 2.33 bits per heavy atom. The fourth-order valence-corrected chi connectivity index (χ4v) is 3.26. The van der Waals surface area contributed by atoms with Gasteiger partial charge in [0, 0.05) is 18.0 Å². The molecular formula is C22H30N2O6. The average molecular weight is 418 g/mol. The van der Waals surface area contributed by atoms with E-state index in [0.717, 1.165) is 32.1 Å². The SMILES string of the molecule is CCOc1ccc(C(=O)CCC(=O)O[C@H](C)C(=O)NC(=O)NC2CCCCC2)cc1. The third-order valence-electron chi connectivity index (χ3n) is 4.90. The predicted molar refractivity (Wildman–Crippen MR) is 110 cm³/mol. The van der Waals surface area contributed by atoms with Gasteiger partial charge in [0.2, 0.25) is 0 Å². The van der Waals surface area contributed by atoms with Gasteiger partial charge in [-0.1, -0.05) is 19.3 Å². The summed E-state index contributed by atoms with van der Waals surface area (Å²) in [6, 6.07) is 6.15. The number of ether oxygens (including phenoxy) is 2. The van der Waals surface area contributed by atoms with Crippen LogP contribution < -0.4 is 15.4 Å². The lowest BCUT2D eigenvalue weighted by Crippen LogP contribution is -2.48. The van der Waals surface area contributed by atoms with E-state index in [1.54, 1.807) is 24.3 Å². The molecule has 0 aromatic heterocycles. The Morgan fingerprint density at radius 1 is 1.03 bits per heavy atom. The zero-order valence-corrected chi connectivity index (χ0v) is 17.6. The van der Waals surface area contributed by atoms with Crippen LogP contribution in [0.25, 0.3) is 0 Å². The van der Waals surface area contributed by atoms with Crippen LogP contribution in [0.3, 0.4) is 0 Å². The summed E-state index contributed by atoms with van der Waals surface area (Å²) < 4.78 is 10.4. The van der Waals surface area contributed by atoms with Gasteiger partial charge in [-0.15, -0.1) is 0 Å². The molecule has 1 aromatic rings. The van der Waals surface area contributed by atoms with Crippen molar-refractivity contribution in [3.05, 3.63) is 29.8 Å². The van der Waals surface area contributed by atoms with Gasteiger partial charge in [0.25, 0.3) is 5.91 Å². The number of Topliss-reactive ketones (excluding diaryl/α,β-unsaturated/α-hetero) is 1. The number of nitrogens with one attached hydrogen (secondary N) is 2. The molecule has 1 atom stereocenters. The van der Waals surface area contributed by atoms with Gasteiger partial charge in [-0.05, 0) is 51.0 Å². The van der Waals surface area contributed by atoms with Crippen LogP contribution in [-0.2, 0) is 14.3 Å². The van der Waals surface area contributed by atoms with Crippen LogP contribution in [0.15, 0.2) is 24.3 Å². The lowest BCUT2D eigenvalue weighted by molar-refractivity contribution is -0.154. The second-order valence-electron chi connectivity index (χ2n) is 7.31. The summed E-state index contributed by atoms with van der Waals surface area (Å²) >= 11 is 0. The molecule has 1 aliphatic carbocycles. The van der Waals surface area contributed by atoms with Gasteiger partial charge in [-0.25, -0.2) is 4.79 Å². The maximum absolute atomic E-state index is 12.2. The molecule has 1 aliphatic rings. The first-order valence-corrected chi connectivity index (χ1v) is 10.5. The standard InChI is InChI=1S/C22H30N2O6/c1-3-29-18-11-9-16(10-12-18)19(25)13-14-20(26)30-15(2)21(27)24-22(28)23-17-7-5-4-6-8-17/h9-12,15,17H,3-8,13-14H2,1-2H3,(H2,23,24,27,28)/t15-/m1/s1. The Bertz CT molecular complexity index is 740. The van der Waals surface area contributed by atoms with Crippen molar-refractivity contribution >= 4 is 23.7 Å². The van der Waals surface area contributed by atoms with Crippen molar-refractivity contribution < 1.29 is 28.7 Å². The summed E-state index contributed by atoms with van der Waals surface area (Å²) in [5.41, 5.74) is 0.469. The fraction of sp³-hybridized carbons (Fsp3) is 0.545. The molecule has 0 aliphatic heterocycles. The number of amides is 3. The Balaban J connectivity index is 1.70. The summed E-state index contributed by atoms with van der Waals surface area (Å²) in [6.07, 6.45) is 3.75. The number of hydrogen-bond donors (Lipinski definition) is 2. The van der Waals surface area contributed by atoms with Gasteiger partial charge in [0.1, 0.15) is 5.75 Å². The molecule has 1 fully saturated rings. The smallest absolute Gasteiger partial charge is 0.321 e. The second kappa shape index (κ2) is 11.9. The lowest BCUT2D eigenvalue weighted by atomic mass is 9.96. The molecule has 0 heterocycles. The number of ketones is 1. The van der Waals surface area contributed by atoms with E-state index in [-0.39, 0.29) is 24.7 Å². The topological polar surface area (TPSA) is 111 Å². The Kier molecular flexibility index (Phi) is 9.31. The van der Waals surface area contributed by atoms with Crippen LogP contribution in [0, 0.1) is 0 Å². The van der Waals surface area contributed by atoms with Crippen molar-refractivity contribution in [3.8, 4) is 5.75 Å². The molecule has 0 spiro atoms. The minimum Gasteiger partial charge on any atom is -0.494 e. The molecule has 1 aromatic carbocycles. The molecule has 0 saturated heterocycles. The quantitative estimate of drug-likeness (QED) is 0.471. The predicted octanol–water partition coefficient (Wildman–Crippen LogP) is 3.14. The fourth-order valence-electron chi connectivity index (χ4n) is 3.26. The van der Waals surface area contributed by atoms with Crippen molar-refractivity contribution in [2.75, 3.05) is 6.61 Å². The zero-order chi connectivity index (χ0) is 21.9. The van der Waals surface area contributed by atoms with E-state index in [4.69, 9.17) is 9.47 Å². The second-order valence-corrected chi connectivity index (χ2v) is 7.31. The van der Waals surface area contributed by atoms with E-state index in [2.05, 4.69) is 10.6 Å². The number of hydrogen-bond acceptors (Lipinski definition) is 6. The van der Waals surface area contributed by atoms with Crippen LogP contribution in [0.5, 0.6) is 5.75 Å². The maximum Gasteiger partial charge on any atom is 0.321 e. The molecule has 0 unspecified atom stereocenters. The first-order valence-electron chi connectivity index (χ1n) is 10.5. The minimum atomic E-state index is -1.13. The van der Waals surface area contributed by atoms with E-state index in [1.807, 2.05) is 6.92 Å². The first-order chi connectivity index (χ1) is 14.4. The summed E-state index contributed by atoms with van der Waals surface area (Å²) in [4.78, 5) is 48.1. The van der Waals surface area contributed by atoms with Crippen molar-refractivity contribution in [1.29, 1.82) is 0 Å². The molecule has 1 saturated carbocycles.